The summed E-state index contributed by atoms with van der Waals surface area (Å²) in [5.74, 6) is 2.72. The lowest BCUT2D eigenvalue weighted by Crippen LogP contribution is -2.22. The molecule has 12 rings (SSSR count). The number of nitrogens with one attached hydrogen (secondary N) is 3. The van der Waals surface area contributed by atoms with Crippen LogP contribution in [0.15, 0.2) is 140 Å². The van der Waals surface area contributed by atoms with Crippen molar-refractivity contribution in [3.63, 3.8) is 0 Å². The molecule has 19 nitrogen and oxygen atoms in total. The first-order valence-corrected chi connectivity index (χ1v) is 32.2. The van der Waals surface area contributed by atoms with Gasteiger partial charge in [-0.05, 0) is 169 Å². The van der Waals surface area contributed by atoms with E-state index in [1.807, 2.05) is 11.4 Å². The van der Waals surface area contributed by atoms with E-state index < -0.39 is 22.6 Å². The number of hydrogen-bond acceptors (Lipinski definition) is 19. The van der Waals surface area contributed by atoms with Gasteiger partial charge in [0.1, 0.15) is 46.0 Å². The molecule has 3 saturated heterocycles. The fourth-order valence-corrected chi connectivity index (χ4v) is 12.2. The van der Waals surface area contributed by atoms with Gasteiger partial charge in [0.25, 0.3) is 17.7 Å². The monoisotopic (exact) mass is 1410 g/mol. The Labute approximate surface area is 563 Å². The SMILES string of the molecule is C.C[C@@H]1CCN(c2ncc(C(=O)Nc3ccc(OC(F)(F)Cl)cc3)cc2-c2ccns2)C1.C[C@@H]1CCN(c2ncc(C(=O)Nc3ccc(OC(F)(F)Cl)cc3)cc2-c2cnsc2)C1.C[C@@H]1CCN(c2ncc(C(=O)Nc3ccc(OC(F)(F)Cl)cc3)cc2-c2ncns2)C1. The van der Waals surface area contributed by atoms with Crippen molar-refractivity contribution in [1.29, 1.82) is 0 Å². The predicted octanol–water partition coefficient (Wildman–Crippen LogP) is 16.4. The van der Waals surface area contributed by atoms with E-state index in [0.29, 0.717) is 56.5 Å². The van der Waals surface area contributed by atoms with Gasteiger partial charge in [0.15, 0.2) is 0 Å². The van der Waals surface area contributed by atoms with Crippen molar-refractivity contribution in [2.24, 2.45) is 17.8 Å². The van der Waals surface area contributed by atoms with Gasteiger partial charge in [0.05, 0.1) is 27.1 Å². The normalized spacial score (nSPS) is 16.2. The van der Waals surface area contributed by atoms with Gasteiger partial charge in [-0.15, -0.1) is 26.3 Å². The molecule has 3 N–H and O–H groups in total. The third-order valence-electron chi connectivity index (χ3n) is 14.6. The molecule has 6 aromatic heterocycles. The molecule has 3 aromatic carbocycles. The van der Waals surface area contributed by atoms with Crippen molar-refractivity contribution in [1.82, 2.24) is 33.1 Å². The molecule has 3 fully saturated rings. The van der Waals surface area contributed by atoms with Crippen LogP contribution in [0.2, 0.25) is 0 Å². The van der Waals surface area contributed by atoms with Gasteiger partial charge < -0.3 is 44.9 Å². The minimum absolute atomic E-state index is 0. The molecule has 494 valence electrons. The van der Waals surface area contributed by atoms with Gasteiger partial charge in [-0.25, -0.2) is 28.7 Å². The van der Waals surface area contributed by atoms with Crippen molar-refractivity contribution in [3.05, 3.63) is 156 Å². The summed E-state index contributed by atoms with van der Waals surface area (Å²) in [4.78, 5) is 63.9. The number of hydrogen-bond donors (Lipinski definition) is 3. The Morgan fingerprint density at radius 2 is 0.883 bits per heavy atom. The highest BCUT2D eigenvalue weighted by molar-refractivity contribution is 7.09. The van der Waals surface area contributed by atoms with Crippen molar-refractivity contribution in [2.75, 3.05) is 69.9 Å². The molecule has 9 heterocycles. The summed E-state index contributed by atoms with van der Waals surface area (Å²) in [5.41, 5.74) is -5.67. The van der Waals surface area contributed by atoms with E-state index >= 15 is 0 Å². The number of carbonyl (C=O) groups excluding carboxylic acids is 3. The molecule has 9 aromatic rings. The van der Waals surface area contributed by atoms with Gasteiger partial charge >= 0.3 is 16.7 Å². The summed E-state index contributed by atoms with van der Waals surface area (Å²) in [6.07, 6.45) is 12.8. The van der Waals surface area contributed by atoms with E-state index in [9.17, 15) is 40.7 Å². The van der Waals surface area contributed by atoms with Crippen LogP contribution in [-0.4, -0.2) is 107 Å². The van der Waals surface area contributed by atoms with E-state index in [4.69, 9.17) is 34.8 Å². The molecular weight excluding hydrogens is 1350 g/mol. The molecule has 3 aliphatic rings. The van der Waals surface area contributed by atoms with Crippen LogP contribution in [-0.2, 0) is 0 Å². The number of alkyl halides is 9. The highest BCUT2D eigenvalue weighted by Gasteiger charge is 2.32. The fourth-order valence-electron chi connectivity index (χ4n) is 10.2. The summed E-state index contributed by atoms with van der Waals surface area (Å²) in [7, 11) is 0. The van der Waals surface area contributed by atoms with Gasteiger partial charge in [0.2, 0.25) is 0 Å². The molecule has 3 atom stereocenters. The van der Waals surface area contributed by atoms with Gasteiger partial charge in [-0.2, -0.15) is 4.37 Å². The Morgan fingerprint density at radius 1 is 0.500 bits per heavy atom. The minimum Gasteiger partial charge on any atom is -0.420 e. The van der Waals surface area contributed by atoms with Crippen LogP contribution >= 0.6 is 69.4 Å². The third kappa shape index (κ3) is 19.4. The Bertz CT molecular complexity index is 3580. The molecule has 3 amide bonds. The standard InChI is InChI=1S/2C21H19ClF2N4O2S.C20H18ClF2N5O2S.CH4/c1-13-7-9-28(12-13)19-17(18-6-8-26-31-18)10-14(11-25-19)20(29)27-15-2-4-16(5-3-15)30-21(22,23)24;1-13-6-7-28(11-13)19-18(15-10-26-31-12-15)8-14(9-25-19)20(29)27-16-2-4-17(5-3-16)30-21(22,23)24;1-12-6-7-28(10-12)17-16(19-25-11-26-31-19)8-13(9-24-17)18(29)27-14-2-4-15(5-3-14)30-20(21,22)23;/h2-6,8,10-11,13H,7,9,12H2,1H3,(H,27,29);2-5,8-10,12-13H,6-7,11H2,1H3,(H,27,29);2-5,8-9,11-12H,6-7,10H2,1H3,(H,27,29);1H4/t2*13-;12-;/m111./s1. The average Bonchev–Trinajstić information content (AvgIpc) is 1.43. The van der Waals surface area contributed by atoms with E-state index in [1.165, 1.54) is 120 Å². The molecule has 31 heteroatoms. The number of benzene rings is 3. The zero-order valence-corrected chi connectivity index (χ0v) is 54.1. The van der Waals surface area contributed by atoms with Crippen LogP contribution in [0.1, 0.15) is 78.5 Å². The second kappa shape index (κ2) is 30.8. The number of rotatable bonds is 18. The zero-order chi connectivity index (χ0) is 66.0. The number of pyridine rings is 3. The highest BCUT2D eigenvalue weighted by Crippen LogP contribution is 2.38. The number of carbonyl (C=O) groups is 3. The van der Waals surface area contributed by atoms with Crippen LogP contribution in [0.3, 0.4) is 0 Å². The number of amides is 3. The van der Waals surface area contributed by atoms with Gasteiger partial charge in [-0.1, -0.05) is 28.2 Å². The summed E-state index contributed by atoms with van der Waals surface area (Å²) >= 11 is 18.2. The van der Waals surface area contributed by atoms with Crippen molar-refractivity contribution >= 4 is 122 Å². The topological polar surface area (TPSA) is 215 Å². The van der Waals surface area contributed by atoms with Crippen molar-refractivity contribution < 1.29 is 54.9 Å². The summed E-state index contributed by atoms with van der Waals surface area (Å²) in [6, 6.07) is 23.7. The molecule has 0 saturated carbocycles. The number of ether oxygens (including phenoxy) is 3. The van der Waals surface area contributed by atoms with Gasteiger partial charge in [-0.3, -0.25) is 14.4 Å². The quantitative estimate of drug-likeness (QED) is 0.0538. The maximum atomic E-state index is 12.8. The summed E-state index contributed by atoms with van der Waals surface area (Å²) in [6.45, 7) is 12.1. The Morgan fingerprint density at radius 3 is 1.21 bits per heavy atom. The van der Waals surface area contributed by atoms with Crippen molar-refractivity contribution in [2.45, 2.75) is 64.2 Å². The Hall–Kier alpha value is -8.41. The Kier molecular flexibility index (Phi) is 22.9. The first-order valence-electron chi connectivity index (χ1n) is 28.7. The summed E-state index contributed by atoms with van der Waals surface area (Å²) in [5, 5.41) is 10.8. The lowest BCUT2D eigenvalue weighted by atomic mass is 10.1. The molecule has 0 spiro atoms. The number of nitrogens with zero attached hydrogens (tertiary/aromatic N) is 10. The first kappa shape index (κ1) is 69.9. The number of halogens is 9. The van der Waals surface area contributed by atoms with Crippen molar-refractivity contribution in [3.8, 4) is 49.4 Å². The molecule has 0 radical (unpaired) electrons. The zero-order valence-electron chi connectivity index (χ0n) is 49.4. The van der Waals surface area contributed by atoms with Crippen LogP contribution in [0.4, 0.5) is 60.9 Å². The lowest BCUT2D eigenvalue weighted by molar-refractivity contribution is -0.0972. The third-order valence-corrected chi connectivity index (χ3v) is 16.9. The van der Waals surface area contributed by atoms with E-state index in [0.717, 1.165) is 103 Å². The molecule has 0 aliphatic carbocycles. The molecule has 94 heavy (non-hydrogen) atoms. The van der Waals surface area contributed by atoms with E-state index in [2.05, 4.69) is 98.7 Å². The van der Waals surface area contributed by atoms with Crippen LogP contribution in [0, 0.1) is 17.8 Å². The van der Waals surface area contributed by atoms with Crippen LogP contribution in [0.25, 0.3) is 32.1 Å². The van der Waals surface area contributed by atoms with Crippen LogP contribution < -0.4 is 44.9 Å². The maximum Gasteiger partial charge on any atom is 0.487 e. The number of anilines is 6. The maximum absolute atomic E-state index is 12.8. The van der Waals surface area contributed by atoms with E-state index in [1.54, 1.807) is 43.0 Å². The smallest absolute Gasteiger partial charge is 0.420 e. The van der Waals surface area contributed by atoms with E-state index in [-0.39, 0.29) is 36.5 Å². The lowest BCUT2D eigenvalue weighted by Gasteiger charge is -2.20. The second-order valence-corrected chi connectivity index (χ2v) is 25.5. The minimum atomic E-state index is -3.80. The molecule has 0 bridgehead atoms. The molecule has 0 unspecified atom stereocenters. The fraction of sp³-hybridized carbons (Fsp3) is 0.302. The van der Waals surface area contributed by atoms with Crippen LogP contribution in [0.5, 0.6) is 17.2 Å². The summed E-state index contributed by atoms with van der Waals surface area (Å²) < 4.78 is 102. The molecule has 3 aliphatic heterocycles. The molecular formula is C63H60Cl3F6N13O6S3. The highest BCUT2D eigenvalue weighted by atomic mass is 35.5. The predicted molar refractivity (Wildman–Crippen MR) is 356 cm³/mol. The van der Waals surface area contributed by atoms with Gasteiger partial charge in [0, 0.05) is 144 Å². The average molecular weight is 1410 g/mol. The first-order chi connectivity index (χ1) is 44.3. The Balaban J connectivity index is 0.000000165. The number of aromatic nitrogens is 7. The largest absolute Gasteiger partial charge is 0.487 e. The second-order valence-electron chi connectivity index (χ2n) is 21.9.